The van der Waals surface area contributed by atoms with Crippen molar-refractivity contribution in [1.29, 1.82) is 0 Å². The first-order chi connectivity index (χ1) is 16.6. The highest BCUT2D eigenvalue weighted by atomic mass is 35.5. The van der Waals surface area contributed by atoms with E-state index in [0.717, 1.165) is 11.1 Å². The van der Waals surface area contributed by atoms with Gasteiger partial charge in [-0.15, -0.1) is 0 Å². The van der Waals surface area contributed by atoms with Crippen LogP contribution in [0.5, 0.6) is 0 Å². The van der Waals surface area contributed by atoms with Gasteiger partial charge in [-0.3, -0.25) is 9.59 Å². The molecule has 9 nitrogen and oxygen atoms in total. The number of rotatable bonds is 3. The van der Waals surface area contributed by atoms with Gasteiger partial charge in [-0.25, -0.2) is 4.98 Å². The maximum absolute atomic E-state index is 11.9. The molecule has 2 aromatic carbocycles. The number of anilines is 4. The van der Waals surface area contributed by atoms with Crippen molar-refractivity contribution in [3.05, 3.63) is 67.8 Å². The molecule has 0 saturated carbocycles. The summed E-state index contributed by atoms with van der Waals surface area (Å²) in [5.41, 5.74) is 9.97. The molecule has 3 aromatic rings. The molecule has 35 heavy (non-hydrogen) atoms. The second-order valence-corrected chi connectivity index (χ2v) is 9.33. The lowest BCUT2D eigenvalue weighted by Crippen LogP contribution is -2.17. The number of nitrogen functional groups attached to an aromatic ring is 1. The van der Waals surface area contributed by atoms with Crippen LogP contribution >= 0.6 is 34.8 Å². The summed E-state index contributed by atoms with van der Waals surface area (Å²) < 4.78 is 0. The van der Waals surface area contributed by atoms with Crippen LogP contribution in [0.2, 0.25) is 15.1 Å². The Morgan fingerprint density at radius 1 is 0.886 bits per heavy atom. The van der Waals surface area contributed by atoms with Gasteiger partial charge in [-0.1, -0.05) is 34.8 Å². The molecule has 4 N–H and O–H groups in total. The minimum absolute atomic E-state index is 0.0110. The van der Waals surface area contributed by atoms with Gasteiger partial charge >= 0.3 is 0 Å². The summed E-state index contributed by atoms with van der Waals surface area (Å²) in [6.45, 7) is 1.18. The lowest BCUT2D eigenvalue weighted by atomic mass is 10.1. The number of nitrogens with two attached hydrogens (primary N) is 1. The van der Waals surface area contributed by atoms with Crippen LogP contribution in [0.3, 0.4) is 0 Å². The number of nitrogens with zero attached hydrogens (tertiary/aromatic N) is 4. The third-order valence-electron chi connectivity index (χ3n) is 5.61. The summed E-state index contributed by atoms with van der Waals surface area (Å²) in [6.07, 6.45) is 1.50. The smallest absolute Gasteiger partial charge is 0.254 e. The lowest BCUT2D eigenvalue weighted by molar-refractivity contribution is 0.0809. The SMILES string of the molecule is CN1Cc2cc(N)c(Cl)cc2C1=O.CNc1nc(Nc2cc3c(cc2Cl)C(=O)N(C)C3)ncc1Cl. The fourth-order valence-electron chi connectivity index (χ4n) is 3.80. The van der Waals surface area contributed by atoms with Gasteiger partial charge in [0.2, 0.25) is 5.95 Å². The van der Waals surface area contributed by atoms with Crippen molar-refractivity contribution >= 4 is 69.8 Å². The van der Waals surface area contributed by atoms with Crippen LogP contribution in [0.4, 0.5) is 23.1 Å². The number of benzene rings is 2. The Bertz CT molecular complexity index is 1350. The number of amides is 2. The van der Waals surface area contributed by atoms with Gasteiger partial charge in [0.15, 0.2) is 0 Å². The van der Waals surface area contributed by atoms with Gasteiger partial charge < -0.3 is 26.2 Å². The normalized spacial score (nSPS) is 13.9. The Balaban J connectivity index is 0.000000189. The Morgan fingerprint density at radius 3 is 2.06 bits per heavy atom. The van der Waals surface area contributed by atoms with Crippen molar-refractivity contribution in [2.75, 3.05) is 37.5 Å². The van der Waals surface area contributed by atoms with E-state index in [2.05, 4.69) is 20.6 Å². The van der Waals surface area contributed by atoms with Crippen molar-refractivity contribution in [2.24, 2.45) is 0 Å². The number of hydrogen-bond donors (Lipinski definition) is 3. The van der Waals surface area contributed by atoms with Gasteiger partial charge in [0.1, 0.15) is 10.8 Å². The maximum Gasteiger partial charge on any atom is 0.254 e. The number of nitrogens with one attached hydrogen (secondary N) is 2. The summed E-state index contributed by atoms with van der Waals surface area (Å²) >= 11 is 18.0. The van der Waals surface area contributed by atoms with E-state index in [-0.39, 0.29) is 11.8 Å². The molecule has 5 rings (SSSR count). The molecule has 2 amide bonds. The summed E-state index contributed by atoms with van der Waals surface area (Å²) in [5, 5.41) is 7.25. The third-order valence-corrected chi connectivity index (χ3v) is 6.53. The molecule has 3 heterocycles. The van der Waals surface area contributed by atoms with Gasteiger partial charge in [-0.2, -0.15) is 4.98 Å². The minimum atomic E-state index is -0.0244. The zero-order chi connectivity index (χ0) is 25.4. The van der Waals surface area contributed by atoms with E-state index in [1.807, 2.05) is 6.07 Å². The second-order valence-electron chi connectivity index (χ2n) is 8.11. The van der Waals surface area contributed by atoms with E-state index in [1.54, 1.807) is 49.1 Å². The fraction of sp³-hybridized carbons (Fsp3) is 0.217. The Labute approximate surface area is 217 Å². The quantitative estimate of drug-likeness (QED) is 0.418. The molecule has 1 aromatic heterocycles. The molecule has 182 valence electrons. The molecule has 0 radical (unpaired) electrons. The Hall–Kier alpha value is -3.27. The zero-order valence-corrected chi connectivity index (χ0v) is 21.4. The van der Waals surface area contributed by atoms with Crippen molar-refractivity contribution in [2.45, 2.75) is 13.1 Å². The molecule has 0 spiro atoms. The number of halogens is 3. The summed E-state index contributed by atoms with van der Waals surface area (Å²) in [7, 11) is 5.24. The van der Waals surface area contributed by atoms with Crippen LogP contribution in [0.1, 0.15) is 31.8 Å². The number of aromatic nitrogens is 2. The molecule has 0 aliphatic carbocycles. The zero-order valence-electron chi connectivity index (χ0n) is 19.1. The first kappa shape index (κ1) is 24.8. The van der Waals surface area contributed by atoms with Gasteiger partial charge in [-0.05, 0) is 35.4 Å². The first-order valence-electron chi connectivity index (χ1n) is 10.5. The van der Waals surface area contributed by atoms with Crippen molar-refractivity contribution in [3.8, 4) is 0 Å². The van der Waals surface area contributed by atoms with Gasteiger partial charge in [0.25, 0.3) is 11.8 Å². The molecule has 2 aliphatic rings. The fourth-order valence-corrected chi connectivity index (χ4v) is 4.36. The number of hydrogen-bond acceptors (Lipinski definition) is 7. The van der Waals surface area contributed by atoms with E-state index < -0.39 is 0 Å². The van der Waals surface area contributed by atoms with E-state index in [0.29, 0.717) is 62.4 Å². The maximum atomic E-state index is 11.9. The largest absolute Gasteiger partial charge is 0.398 e. The molecule has 0 bridgehead atoms. The second kappa shape index (κ2) is 9.77. The molecule has 0 fully saturated rings. The summed E-state index contributed by atoms with van der Waals surface area (Å²) in [5.74, 6) is 0.875. The highest BCUT2D eigenvalue weighted by Crippen LogP contribution is 2.33. The van der Waals surface area contributed by atoms with Crippen molar-refractivity contribution in [1.82, 2.24) is 19.8 Å². The predicted molar refractivity (Wildman–Crippen MR) is 139 cm³/mol. The number of carbonyl (C=O) groups is 2. The first-order valence-corrected chi connectivity index (χ1v) is 11.6. The molecule has 2 aliphatic heterocycles. The Morgan fingerprint density at radius 2 is 1.46 bits per heavy atom. The monoisotopic (exact) mass is 533 g/mol. The lowest BCUT2D eigenvalue weighted by Gasteiger charge is -2.10. The Kier molecular flexibility index (Phi) is 6.93. The van der Waals surface area contributed by atoms with Gasteiger partial charge in [0, 0.05) is 45.4 Å². The molecular formula is C23H22Cl3N7O2. The van der Waals surface area contributed by atoms with Gasteiger partial charge in [0.05, 0.1) is 27.6 Å². The summed E-state index contributed by atoms with van der Waals surface area (Å²) in [6, 6.07) is 6.91. The van der Waals surface area contributed by atoms with Crippen LogP contribution in [0.25, 0.3) is 0 Å². The van der Waals surface area contributed by atoms with E-state index >= 15 is 0 Å². The molecule has 0 unspecified atom stereocenters. The van der Waals surface area contributed by atoms with E-state index in [4.69, 9.17) is 40.5 Å². The third kappa shape index (κ3) is 4.93. The van der Waals surface area contributed by atoms with Crippen LogP contribution in [0, 0.1) is 0 Å². The molecule has 0 atom stereocenters. The minimum Gasteiger partial charge on any atom is -0.398 e. The van der Waals surface area contributed by atoms with Crippen molar-refractivity contribution < 1.29 is 9.59 Å². The van der Waals surface area contributed by atoms with E-state index in [9.17, 15) is 9.59 Å². The average Bonchev–Trinajstić information content (AvgIpc) is 3.25. The summed E-state index contributed by atoms with van der Waals surface area (Å²) in [4.78, 5) is 35.1. The molecular weight excluding hydrogens is 513 g/mol. The molecule has 12 heteroatoms. The van der Waals surface area contributed by atoms with Crippen LogP contribution in [-0.4, -0.2) is 52.7 Å². The van der Waals surface area contributed by atoms with E-state index in [1.165, 1.54) is 6.20 Å². The van der Waals surface area contributed by atoms with Crippen LogP contribution < -0.4 is 16.4 Å². The topological polar surface area (TPSA) is 116 Å². The number of carbonyl (C=O) groups excluding carboxylic acids is 2. The highest BCUT2D eigenvalue weighted by molar-refractivity contribution is 6.34. The highest BCUT2D eigenvalue weighted by Gasteiger charge is 2.26. The number of fused-ring (bicyclic) bond motifs is 2. The van der Waals surface area contributed by atoms with Crippen molar-refractivity contribution in [3.63, 3.8) is 0 Å². The standard InChI is InChI=1S/C14H13Cl2N5O.C9H9ClN2O/c1-17-12-10(16)5-18-14(20-12)19-11-3-7-6-21(2)13(22)8(7)4-9(11)15;1-12-4-5-2-8(11)7(10)3-6(5)9(12)13/h3-5H,6H2,1-2H3,(H2,17,18,19,20);2-3H,4,11H2,1H3. The van der Waals surface area contributed by atoms with Crippen LogP contribution in [0.15, 0.2) is 30.5 Å². The molecule has 0 saturated heterocycles. The van der Waals surface area contributed by atoms with Crippen LogP contribution in [-0.2, 0) is 13.1 Å². The average molecular weight is 535 g/mol. The predicted octanol–water partition coefficient (Wildman–Crippen LogP) is 4.66.